The van der Waals surface area contributed by atoms with Crippen molar-refractivity contribution in [3.63, 3.8) is 0 Å². The van der Waals surface area contributed by atoms with Crippen molar-refractivity contribution in [2.24, 2.45) is 0 Å². The van der Waals surface area contributed by atoms with E-state index in [-0.39, 0.29) is 5.41 Å². The summed E-state index contributed by atoms with van der Waals surface area (Å²) in [6.45, 7) is 11.3. The van der Waals surface area contributed by atoms with Crippen molar-refractivity contribution in [3.8, 4) is 5.75 Å². The molecule has 2 nitrogen and oxygen atoms in total. The number of rotatable bonds is 4. The third-order valence-corrected chi connectivity index (χ3v) is 3.76. The first-order valence-corrected chi connectivity index (χ1v) is 7.12. The molecule has 1 aliphatic heterocycles. The van der Waals surface area contributed by atoms with E-state index in [1.807, 2.05) is 0 Å². The van der Waals surface area contributed by atoms with Crippen LogP contribution in [0.1, 0.15) is 39.2 Å². The van der Waals surface area contributed by atoms with Crippen molar-refractivity contribution < 1.29 is 9.64 Å². The molecule has 100 valence electrons. The van der Waals surface area contributed by atoms with E-state index >= 15 is 0 Å². The summed E-state index contributed by atoms with van der Waals surface area (Å²) in [5, 5.41) is 0. The standard InChI is InChI=1S/C16H25NO/c1-16(2,3)14-6-8-15(9-7-14)18-13-12-17-10-4-5-11-17/h6-9H,4-5,10-13H2,1-3H3/p+1. The van der Waals surface area contributed by atoms with Gasteiger partial charge in [-0.2, -0.15) is 0 Å². The van der Waals surface area contributed by atoms with E-state index in [4.69, 9.17) is 4.74 Å². The highest BCUT2D eigenvalue weighted by Crippen LogP contribution is 2.24. The number of nitrogens with one attached hydrogen (secondary N) is 1. The first kappa shape index (κ1) is 13.4. The van der Waals surface area contributed by atoms with E-state index in [1.54, 1.807) is 4.90 Å². The molecule has 1 fully saturated rings. The average molecular weight is 248 g/mol. The van der Waals surface area contributed by atoms with Crippen LogP contribution < -0.4 is 9.64 Å². The summed E-state index contributed by atoms with van der Waals surface area (Å²) in [4.78, 5) is 1.70. The van der Waals surface area contributed by atoms with Gasteiger partial charge in [-0.1, -0.05) is 32.9 Å². The maximum Gasteiger partial charge on any atom is 0.137 e. The molecule has 0 unspecified atom stereocenters. The Labute approximate surface area is 111 Å². The van der Waals surface area contributed by atoms with E-state index in [2.05, 4.69) is 45.0 Å². The lowest BCUT2D eigenvalue weighted by Crippen LogP contribution is -3.10. The zero-order chi connectivity index (χ0) is 13.0. The smallest absolute Gasteiger partial charge is 0.137 e. The molecular formula is C16H26NO+. The Balaban J connectivity index is 1.79. The minimum atomic E-state index is 0.220. The molecule has 2 rings (SSSR count). The molecule has 1 heterocycles. The molecule has 0 amide bonds. The number of hydrogen-bond donors (Lipinski definition) is 1. The summed E-state index contributed by atoms with van der Waals surface area (Å²) in [7, 11) is 0. The summed E-state index contributed by atoms with van der Waals surface area (Å²) < 4.78 is 5.81. The molecule has 0 radical (unpaired) electrons. The van der Waals surface area contributed by atoms with Gasteiger partial charge in [-0.15, -0.1) is 0 Å². The highest BCUT2D eigenvalue weighted by Gasteiger charge is 2.15. The van der Waals surface area contributed by atoms with Gasteiger partial charge in [0.1, 0.15) is 18.9 Å². The number of quaternary nitrogens is 1. The lowest BCUT2D eigenvalue weighted by atomic mass is 9.87. The zero-order valence-corrected chi connectivity index (χ0v) is 12.0. The molecule has 0 atom stereocenters. The summed E-state index contributed by atoms with van der Waals surface area (Å²) >= 11 is 0. The first-order chi connectivity index (χ1) is 8.55. The van der Waals surface area contributed by atoms with E-state index < -0.39 is 0 Å². The average Bonchev–Trinajstić information content (AvgIpc) is 2.82. The highest BCUT2D eigenvalue weighted by molar-refractivity contribution is 5.31. The van der Waals surface area contributed by atoms with Crippen LogP contribution in [0.25, 0.3) is 0 Å². The summed E-state index contributed by atoms with van der Waals surface area (Å²) in [5.41, 5.74) is 1.58. The number of ether oxygens (including phenoxy) is 1. The molecular weight excluding hydrogens is 222 g/mol. The van der Waals surface area contributed by atoms with Crippen molar-refractivity contribution in [1.29, 1.82) is 0 Å². The Bertz CT molecular complexity index is 358. The van der Waals surface area contributed by atoms with Crippen LogP contribution in [0.3, 0.4) is 0 Å². The van der Waals surface area contributed by atoms with Crippen LogP contribution in [0.2, 0.25) is 0 Å². The van der Waals surface area contributed by atoms with Crippen LogP contribution in [-0.4, -0.2) is 26.2 Å². The predicted molar refractivity (Wildman–Crippen MR) is 75.4 cm³/mol. The second kappa shape index (κ2) is 5.75. The molecule has 0 spiro atoms. The molecule has 1 saturated heterocycles. The molecule has 0 saturated carbocycles. The third kappa shape index (κ3) is 3.74. The van der Waals surface area contributed by atoms with Crippen LogP contribution in [0, 0.1) is 0 Å². The molecule has 0 bridgehead atoms. The van der Waals surface area contributed by atoms with E-state index in [0.29, 0.717) is 0 Å². The Morgan fingerprint density at radius 1 is 1.06 bits per heavy atom. The molecule has 2 heteroatoms. The van der Waals surface area contributed by atoms with Gasteiger partial charge in [-0.05, 0) is 23.1 Å². The first-order valence-electron chi connectivity index (χ1n) is 7.12. The van der Waals surface area contributed by atoms with Crippen molar-refractivity contribution in [2.75, 3.05) is 26.2 Å². The number of hydrogen-bond acceptors (Lipinski definition) is 1. The fraction of sp³-hybridized carbons (Fsp3) is 0.625. The van der Waals surface area contributed by atoms with Gasteiger partial charge < -0.3 is 9.64 Å². The van der Waals surface area contributed by atoms with Gasteiger partial charge in [-0.25, -0.2) is 0 Å². The van der Waals surface area contributed by atoms with Crippen LogP contribution in [0.4, 0.5) is 0 Å². The molecule has 1 N–H and O–H groups in total. The monoisotopic (exact) mass is 248 g/mol. The fourth-order valence-electron chi connectivity index (χ4n) is 2.49. The van der Waals surface area contributed by atoms with Crippen molar-refractivity contribution in [3.05, 3.63) is 29.8 Å². The van der Waals surface area contributed by atoms with E-state index in [0.717, 1.165) is 18.9 Å². The van der Waals surface area contributed by atoms with Gasteiger partial charge in [0.05, 0.1) is 13.1 Å². The summed E-state index contributed by atoms with van der Waals surface area (Å²) in [6.07, 6.45) is 2.77. The normalized spacial score (nSPS) is 17.1. The van der Waals surface area contributed by atoms with Crippen LogP contribution in [0.15, 0.2) is 24.3 Å². The predicted octanol–water partition coefficient (Wildman–Crippen LogP) is 2.04. The van der Waals surface area contributed by atoms with Crippen LogP contribution in [0.5, 0.6) is 5.75 Å². The Kier molecular flexibility index (Phi) is 4.28. The Hall–Kier alpha value is -1.02. The van der Waals surface area contributed by atoms with Crippen LogP contribution >= 0.6 is 0 Å². The Morgan fingerprint density at radius 3 is 2.22 bits per heavy atom. The quantitative estimate of drug-likeness (QED) is 0.861. The van der Waals surface area contributed by atoms with Gasteiger partial charge in [-0.3, -0.25) is 0 Å². The molecule has 1 aromatic rings. The van der Waals surface area contributed by atoms with Gasteiger partial charge in [0.15, 0.2) is 0 Å². The van der Waals surface area contributed by atoms with Crippen molar-refractivity contribution in [1.82, 2.24) is 0 Å². The zero-order valence-electron chi connectivity index (χ0n) is 12.0. The fourth-order valence-corrected chi connectivity index (χ4v) is 2.49. The highest BCUT2D eigenvalue weighted by atomic mass is 16.5. The Morgan fingerprint density at radius 2 is 1.67 bits per heavy atom. The van der Waals surface area contributed by atoms with Crippen molar-refractivity contribution >= 4 is 0 Å². The molecule has 1 aliphatic rings. The lowest BCUT2D eigenvalue weighted by molar-refractivity contribution is -0.887. The van der Waals surface area contributed by atoms with Gasteiger partial charge in [0.25, 0.3) is 0 Å². The van der Waals surface area contributed by atoms with E-state index in [1.165, 1.54) is 31.5 Å². The van der Waals surface area contributed by atoms with Gasteiger partial charge >= 0.3 is 0 Å². The second-order valence-corrected chi connectivity index (χ2v) is 6.33. The number of likely N-dealkylation sites (tertiary alicyclic amines) is 1. The number of benzene rings is 1. The summed E-state index contributed by atoms with van der Waals surface area (Å²) in [6, 6.07) is 8.55. The molecule has 1 aromatic carbocycles. The largest absolute Gasteiger partial charge is 0.488 e. The summed E-state index contributed by atoms with van der Waals surface area (Å²) in [5.74, 6) is 1.00. The maximum atomic E-state index is 5.81. The lowest BCUT2D eigenvalue weighted by Gasteiger charge is -2.19. The van der Waals surface area contributed by atoms with Gasteiger partial charge in [0, 0.05) is 12.8 Å². The maximum absolute atomic E-state index is 5.81. The SMILES string of the molecule is CC(C)(C)c1ccc(OCC[NH+]2CCCC2)cc1. The minimum absolute atomic E-state index is 0.220. The molecule has 0 aromatic heterocycles. The van der Waals surface area contributed by atoms with Crippen LogP contribution in [-0.2, 0) is 5.41 Å². The van der Waals surface area contributed by atoms with Crippen molar-refractivity contribution in [2.45, 2.75) is 39.0 Å². The minimum Gasteiger partial charge on any atom is -0.488 e. The van der Waals surface area contributed by atoms with E-state index in [9.17, 15) is 0 Å². The molecule has 18 heavy (non-hydrogen) atoms. The molecule has 0 aliphatic carbocycles. The second-order valence-electron chi connectivity index (χ2n) is 6.33. The third-order valence-electron chi connectivity index (χ3n) is 3.76. The van der Waals surface area contributed by atoms with Gasteiger partial charge in [0.2, 0.25) is 0 Å². The topological polar surface area (TPSA) is 13.7 Å².